The number of nitrogens with one attached hydrogen (secondary N) is 1. The van der Waals surface area contributed by atoms with Gasteiger partial charge in [0.25, 0.3) is 5.88 Å². The summed E-state index contributed by atoms with van der Waals surface area (Å²) in [5.41, 5.74) is -0.276. The molecule has 1 saturated heterocycles. The number of allylic oxidation sites excluding steroid dienone is 2. The second-order valence-corrected chi connectivity index (χ2v) is 17.5. The summed E-state index contributed by atoms with van der Waals surface area (Å²) >= 11 is 1.02. The largest absolute Gasteiger partial charge is 0.470 e. The van der Waals surface area contributed by atoms with Crippen LogP contribution < -0.4 is 15.0 Å². The zero-order valence-corrected chi connectivity index (χ0v) is 37.8. The number of aromatic nitrogens is 2. The molecule has 0 spiro atoms. The van der Waals surface area contributed by atoms with E-state index in [1.54, 1.807) is 0 Å². The van der Waals surface area contributed by atoms with E-state index in [1.165, 1.54) is 13.8 Å². The Morgan fingerprint density at radius 2 is 1.67 bits per heavy atom. The van der Waals surface area contributed by atoms with Gasteiger partial charge in [-0.2, -0.15) is 4.37 Å². The first kappa shape index (κ1) is 51.6. The second-order valence-electron chi connectivity index (χ2n) is 16.9. The number of rotatable bonds is 27. The predicted molar refractivity (Wildman–Crippen MR) is 227 cm³/mol. The zero-order valence-electron chi connectivity index (χ0n) is 37.0. The lowest BCUT2D eigenvalue weighted by atomic mass is 9.85. The van der Waals surface area contributed by atoms with Crippen LogP contribution in [0.3, 0.4) is 0 Å². The number of anilines is 1. The maximum absolute atomic E-state index is 12.8. The van der Waals surface area contributed by atoms with E-state index in [2.05, 4.69) is 21.0 Å². The van der Waals surface area contributed by atoms with Crippen LogP contribution in [0.5, 0.6) is 5.88 Å². The highest BCUT2D eigenvalue weighted by molar-refractivity contribution is 6.99. The molecule has 0 aromatic carbocycles. The molecule has 0 radical (unpaired) electrons. The summed E-state index contributed by atoms with van der Waals surface area (Å²) in [6, 6.07) is 0. The van der Waals surface area contributed by atoms with Crippen LogP contribution in [0.25, 0.3) is 0 Å². The van der Waals surface area contributed by atoms with Crippen LogP contribution in [0.4, 0.5) is 5.82 Å². The maximum atomic E-state index is 12.8. The number of morpholine rings is 1. The minimum Gasteiger partial charge on any atom is -0.470 e. The van der Waals surface area contributed by atoms with Gasteiger partial charge in [-0.05, 0) is 72.1 Å². The number of aliphatic hydroxyl groups is 2. The fourth-order valence-electron chi connectivity index (χ4n) is 7.26. The van der Waals surface area contributed by atoms with Gasteiger partial charge in [0.1, 0.15) is 18.8 Å². The summed E-state index contributed by atoms with van der Waals surface area (Å²) in [7, 11) is 0. The van der Waals surface area contributed by atoms with Crippen molar-refractivity contribution >= 4 is 47.4 Å². The third-order valence-corrected chi connectivity index (χ3v) is 11.1. The molecule has 17 nitrogen and oxygen atoms in total. The molecule has 61 heavy (non-hydrogen) atoms. The number of esters is 5. The molecule has 2 heterocycles. The van der Waals surface area contributed by atoms with Crippen LogP contribution in [0.2, 0.25) is 0 Å². The molecule has 1 aliphatic heterocycles. The highest BCUT2D eigenvalue weighted by atomic mass is 32.1. The third-order valence-electron chi connectivity index (χ3n) is 10.6. The van der Waals surface area contributed by atoms with Gasteiger partial charge < -0.3 is 48.9 Å². The number of aliphatic hydroxyl groups excluding tert-OH is 2. The van der Waals surface area contributed by atoms with Gasteiger partial charge in [0.15, 0.2) is 6.10 Å². The van der Waals surface area contributed by atoms with Gasteiger partial charge in [0, 0.05) is 50.9 Å². The molecule has 1 aromatic heterocycles. The Kier molecular flexibility index (Phi) is 23.2. The molecule has 18 heteroatoms. The zero-order chi connectivity index (χ0) is 44.8. The number of hydrogen-bond acceptors (Lipinski definition) is 18. The van der Waals surface area contributed by atoms with Gasteiger partial charge in [0.05, 0.1) is 50.0 Å². The van der Waals surface area contributed by atoms with Crippen LogP contribution >= 0.6 is 11.7 Å². The topological polar surface area (TPSA) is 222 Å². The predicted octanol–water partition coefficient (Wildman–Crippen LogP) is 4.99. The van der Waals surface area contributed by atoms with E-state index in [0.29, 0.717) is 76.5 Å². The molecule has 1 saturated carbocycles. The molecule has 7 atom stereocenters. The van der Waals surface area contributed by atoms with Crippen LogP contribution in [0.15, 0.2) is 12.2 Å². The van der Waals surface area contributed by atoms with Crippen LogP contribution in [0.1, 0.15) is 131 Å². The van der Waals surface area contributed by atoms with Crippen molar-refractivity contribution in [2.75, 3.05) is 44.4 Å². The lowest BCUT2D eigenvalue weighted by Crippen LogP contribution is -2.44. The molecule has 0 bridgehead atoms. The van der Waals surface area contributed by atoms with E-state index < -0.39 is 60.4 Å². The molecular weight excluding hydrogens is 813 g/mol. The van der Waals surface area contributed by atoms with Crippen LogP contribution in [0, 0.1) is 11.8 Å². The molecule has 3 rings (SSSR count). The second kappa shape index (κ2) is 27.4. The van der Waals surface area contributed by atoms with Crippen LogP contribution in [-0.2, 0) is 47.7 Å². The molecular formula is C43H70N4O13S. The number of hydrogen-bond donors (Lipinski definition) is 3. The Hall–Kier alpha value is -3.71. The van der Waals surface area contributed by atoms with Crippen molar-refractivity contribution in [2.24, 2.45) is 11.8 Å². The Morgan fingerprint density at radius 1 is 0.951 bits per heavy atom. The lowest BCUT2D eigenvalue weighted by Gasteiger charge is -2.27. The molecule has 2 aliphatic rings. The molecule has 1 aliphatic carbocycles. The molecule has 2 unspecified atom stereocenters. The molecule has 2 fully saturated rings. The normalized spacial score (nSPS) is 20.8. The van der Waals surface area contributed by atoms with Gasteiger partial charge >= 0.3 is 29.8 Å². The molecule has 3 N–H and O–H groups in total. The minimum absolute atomic E-state index is 0.00891. The highest BCUT2D eigenvalue weighted by Crippen LogP contribution is 2.40. The molecule has 1 aromatic rings. The summed E-state index contributed by atoms with van der Waals surface area (Å²) in [5, 5.41) is 24.6. The maximum Gasteiger partial charge on any atom is 0.354 e. The van der Waals surface area contributed by atoms with E-state index >= 15 is 0 Å². The third kappa shape index (κ3) is 20.4. The minimum atomic E-state index is -1.38. The van der Waals surface area contributed by atoms with Gasteiger partial charge in [-0.1, -0.05) is 44.8 Å². The number of unbranched alkanes of at least 4 members (excludes halogenated alkanes) is 4. The van der Waals surface area contributed by atoms with Crippen molar-refractivity contribution in [3.63, 3.8) is 0 Å². The van der Waals surface area contributed by atoms with E-state index in [1.807, 2.05) is 37.8 Å². The average molecular weight is 883 g/mol. The van der Waals surface area contributed by atoms with Crippen LogP contribution in [-0.4, -0.2) is 124 Å². The van der Waals surface area contributed by atoms with Crippen molar-refractivity contribution in [1.82, 2.24) is 14.1 Å². The fourth-order valence-corrected chi connectivity index (χ4v) is 7.78. The Labute approximate surface area is 364 Å². The van der Waals surface area contributed by atoms with Gasteiger partial charge in [-0.25, -0.2) is 4.79 Å². The van der Waals surface area contributed by atoms with E-state index in [9.17, 15) is 34.2 Å². The standard InChI is InChI=1S/C43H70N4O13S/c1-7-8-9-12-15-31(49)18-19-33-34(36(26-35(33)50)58-30(3)48)16-13-10-11-14-17-37(51)60-42(54)29(2)57-38(52)20-21-39(53)59-32(27-44-43(4,5)6)28-56-41-40(45-61-46-41)47-22-24-55-25-23-47/h10,13,29,31-36,44,49-50H,7-9,11-12,14-28H2,1-6H3/b13-10-/t29?,31-,32?,33+,34+,35+,36-/m1/s1. The Bertz CT molecular complexity index is 1530. The van der Waals surface area contributed by atoms with Gasteiger partial charge in [-0.3, -0.25) is 19.2 Å². The van der Waals surface area contributed by atoms with Crippen molar-refractivity contribution in [1.29, 1.82) is 0 Å². The fraction of sp³-hybridized carbons (Fsp3) is 0.791. The summed E-state index contributed by atoms with van der Waals surface area (Å²) in [4.78, 5) is 64.0. The smallest absolute Gasteiger partial charge is 0.354 e. The monoisotopic (exact) mass is 882 g/mol. The van der Waals surface area contributed by atoms with E-state index in [0.717, 1.165) is 43.8 Å². The number of nitrogens with zero attached hydrogens (tertiary/aromatic N) is 3. The number of ether oxygens (including phenoxy) is 6. The van der Waals surface area contributed by atoms with Crippen molar-refractivity contribution in [2.45, 2.75) is 167 Å². The average Bonchev–Trinajstić information content (AvgIpc) is 3.79. The first-order chi connectivity index (χ1) is 29.1. The summed E-state index contributed by atoms with van der Waals surface area (Å²) in [5.74, 6) is -2.98. The Balaban J connectivity index is 1.37. The van der Waals surface area contributed by atoms with Gasteiger partial charge in [0.2, 0.25) is 5.82 Å². The lowest BCUT2D eigenvalue weighted by molar-refractivity contribution is -0.173. The summed E-state index contributed by atoms with van der Waals surface area (Å²) in [6.07, 6.45) is 7.62. The summed E-state index contributed by atoms with van der Waals surface area (Å²) < 4.78 is 41.2. The quantitative estimate of drug-likeness (QED) is 0.0348. The van der Waals surface area contributed by atoms with Crippen molar-refractivity contribution in [3.05, 3.63) is 12.2 Å². The SMILES string of the molecule is CCCCCC[C@@H](O)CC[C@H]1[C@H](C/C=C\CCCC(=O)OC(=O)C(C)OC(=O)CCC(=O)OC(CNC(C)(C)C)COc2nsnc2N2CCOCC2)[C@H](OC(C)=O)C[C@@H]1O. The van der Waals surface area contributed by atoms with Crippen molar-refractivity contribution in [3.8, 4) is 5.88 Å². The first-order valence-electron chi connectivity index (χ1n) is 21.9. The van der Waals surface area contributed by atoms with E-state index in [-0.39, 0.29) is 49.8 Å². The van der Waals surface area contributed by atoms with Crippen molar-refractivity contribution < 1.29 is 62.6 Å². The first-order valence-corrected chi connectivity index (χ1v) is 22.6. The highest BCUT2D eigenvalue weighted by Gasteiger charge is 2.43. The van der Waals surface area contributed by atoms with Gasteiger partial charge in [-0.15, -0.1) is 4.37 Å². The summed E-state index contributed by atoms with van der Waals surface area (Å²) in [6.45, 7) is 13.4. The molecule has 346 valence electrons. The molecule has 0 amide bonds. The number of carbonyl (C=O) groups is 5. The number of carbonyl (C=O) groups excluding carboxylic acids is 5. The Morgan fingerprint density at radius 3 is 2.36 bits per heavy atom. The van der Waals surface area contributed by atoms with E-state index in [4.69, 9.17) is 28.4 Å².